The van der Waals surface area contributed by atoms with Crippen molar-refractivity contribution < 1.29 is 13.2 Å². The average Bonchev–Trinajstić information content (AvgIpc) is 3.07. The van der Waals surface area contributed by atoms with Crippen LogP contribution in [0.5, 0.6) is 0 Å². The zero-order valence-corrected chi connectivity index (χ0v) is 19.8. The van der Waals surface area contributed by atoms with Crippen molar-refractivity contribution in [1.82, 2.24) is 15.0 Å². The van der Waals surface area contributed by atoms with Crippen molar-refractivity contribution in [3.8, 4) is 6.07 Å². The lowest BCUT2D eigenvalue weighted by Gasteiger charge is -2.10. The number of rotatable bonds is 7. The van der Waals surface area contributed by atoms with Crippen LogP contribution in [0.3, 0.4) is 0 Å². The van der Waals surface area contributed by atoms with Gasteiger partial charge in [-0.3, -0.25) is 4.79 Å². The molecule has 0 spiro atoms. The first kappa shape index (κ1) is 23.7. The molecule has 174 valence electrons. The van der Waals surface area contributed by atoms with Gasteiger partial charge in [-0.15, -0.1) is 0 Å². The highest BCUT2D eigenvalue weighted by atomic mass is 32.2. The standard InChI is InChI=1S/C23H22N6O3S2/c24-14-17-13-16-5-2-1-3-6-20(16)28-22(17)33-15-21(30)27-18-7-9-19(10-8-18)34(31,32)29-23-25-11-4-12-26-23/h4,7-13H,1-3,5-6,15H2,(H,27,30)(H,25,26,29). The lowest BCUT2D eigenvalue weighted by atomic mass is 10.1. The van der Waals surface area contributed by atoms with Crippen LogP contribution in [0.25, 0.3) is 0 Å². The van der Waals surface area contributed by atoms with Gasteiger partial charge in [0, 0.05) is 23.8 Å². The number of nitrogens with one attached hydrogen (secondary N) is 2. The summed E-state index contributed by atoms with van der Waals surface area (Å²) in [5, 5.41) is 12.8. The van der Waals surface area contributed by atoms with Gasteiger partial charge in [-0.2, -0.15) is 5.26 Å². The molecule has 11 heteroatoms. The number of thioether (sulfide) groups is 1. The number of benzene rings is 1. The van der Waals surface area contributed by atoms with Gasteiger partial charge >= 0.3 is 0 Å². The average molecular weight is 495 g/mol. The Morgan fingerprint density at radius 2 is 1.82 bits per heavy atom. The second-order valence-electron chi connectivity index (χ2n) is 7.66. The molecule has 1 aliphatic rings. The van der Waals surface area contributed by atoms with Crippen LogP contribution in [-0.4, -0.2) is 35.0 Å². The predicted molar refractivity (Wildman–Crippen MR) is 129 cm³/mol. The van der Waals surface area contributed by atoms with Gasteiger partial charge in [-0.25, -0.2) is 28.1 Å². The molecule has 3 aromatic rings. The van der Waals surface area contributed by atoms with Crippen molar-refractivity contribution in [2.24, 2.45) is 0 Å². The van der Waals surface area contributed by atoms with Crippen molar-refractivity contribution in [2.75, 3.05) is 15.8 Å². The summed E-state index contributed by atoms with van der Waals surface area (Å²) in [5.41, 5.74) is 3.09. The molecule has 0 bridgehead atoms. The maximum absolute atomic E-state index is 12.5. The Labute approximate surface area is 202 Å². The number of carbonyl (C=O) groups is 1. The summed E-state index contributed by atoms with van der Waals surface area (Å²) in [4.78, 5) is 24.8. The van der Waals surface area contributed by atoms with E-state index < -0.39 is 10.0 Å². The third-order valence-electron chi connectivity index (χ3n) is 5.22. The summed E-state index contributed by atoms with van der Waals surface area (Å²) in [6, 6.07) is 11.5. The molecule has 4 rings (SSSR count). The SMILES string of the molecule is N#Cc1cc2c(nc1SCC(=O)Nc1ccc(S(=O)(=O)Nc3ncccn3)cc1)CCCCC2. The highest BCUT2D eigenvalue weighted by Crippen LogP contribution is 2.27. The minimum Gasteiger partial charge on any atom is -0.325 e. The second kappa shape index (κ2) is 10.6. The van der Waals surface area contributed by atoms with Crippen LogP contribution in [0.15, 0.2) is 58.7 Å². The van der Waals surface area contributed by atoms with Gasteiger partial charge in [0.15, 0.2) is 0 Å². The highest BCUT2D eigenvalue weighted by molar-refractivity contribution is 8.00. The molecule has 2 aromatic heterocycles. The Bertz CT molecular complexity index is 1320. The number of sulfonamides is 1. The molecule has 1 aromatic carbocycles. The Morgan fingerprint density at radius 3 is 2.56 bits per heavy atom. The maximum Gasteiger partial charge on any atom is 0.264 e. The Morgan fingerprint density at radius 1 is 1.09 bits per heavy atom. The van der Waals surface area contributed by atoms with Crippen molar-refractivity contribution in [3.63, 3.8) is 0 Å². The summed E-state index contributed by atoms with van der Waals surface area (Å²) in [6.45, 7) is 0. The molecule has 0 atom stereocenters. The maximum atomic E-state index is 12.5. The quantitative estimate of drug-likeness (QED) is 0.376. The third-order valence-corrected chi connectivity index (χ3v) is 7.55. The largest absolute Gasteiger partial charge is 0.325 e. The molecular formula is C23H22N6O3S2. The van der Waals surface area contributed by atoms with Crippen molar-refractivity contribution in [1.29, 1.82) is 5.26 Å². The molecular weight excluding hydrogens is 472 g/mol. The Hall–Kier alpha value is -3.49. The van der Waals surface area contributed by atoms with E-state index in [0.717, 1.165) is 43.4 Å². The molecule has 0 saturated heterocycles. The molecule has 0 saturated carbocycles. The van der Waals surface area contributed by atoms with Gasteiger partial charge in [0.25, 0.3) is 10.0 Å². The van der Waals surface area contributed by atoms with Gasteiger partial charge in [0.1, 0.15) is 11.1 Å². The number of nitriles is 1. The van der Waals surface area contributed by atoms with Crippen LogP contribution in [0.4, 0.5) is 11.6 Å². The fraction of sp³-hybridized carbons (Fsp3) is 0.261. The molecule has 1 amide bonds. The molecule has 0 aliphatic heterocycles. The second-order valence-corrected chi connectivity index (χ2v) is 10.3. The summed E-state index contributed by atoms with van der Waals surface area (Å²) < 4.78 is 27.2. The Balaban J connectivity index is 1.37. The lowest BCUT2D eigenvalue weighted by Crippen LogP contribution is -2.16. The number of fused-ring (bicyclic) bond motifs is 1. The van der Waals surface area contributed by atoms with Crippen LogP contribution in [0.1, 0.15) is 36.1 Å². The molecule has 0 unspecified atom stereocenters. The zero-order chi connectivity index (χ0) is 24.0. The first-order valence-electron chi connectivity index (χ1n) is 10.7. The minimum atomic E-state index is -3.85. The number of hydrogen-bond acceptors (Lipinski definition) is 8. The number of hydrogen-bond donors (Lipinski definition) is 2. The summed E-state index contributed by atoms with van der Waals surface area (Å²) in [5.74, 6) is -0.231. The molecule has 1 aliphatic carbocycles. The molecule has 0 radical (unpaired) electrons. The molecule has 34 heavy (non-hydrogen) atoms. The van der Waals surface area contributed by atoms with Crippen LogP contribution in [0.2, 0.25) is 0 Å². The normalized spacial score (nSPS) is 13.3. The summed E-state index contributed by atoms with van der Waals surface area (Å²) >= 11 is 1.22. The summed E-state index contributed by atoms with van der Waals surface area (Å²) in [7, 11) is -3.85. The Kier molecular flexibility index (Phi) is 7.40. The van der Waals surface area contributed by atoms with E-state index >= 15 is 0 Å². The van der Waals surface area contributed by atoms with Gasteiger partial charge in [0.2, 0.25) is 11.9 Å². The lowest BCUT2D eigenvalue weighted by molar-refractivity contribution is -0.113. The fourth-order valence-electron chi connectivity index (χ4n) is 3.56. The van der Waals surface area contributed by atoms with Gasteiger partial charge < -0.3 is 5.32 Å². The van der Waals surface area contributed by atoms with Gasteiger partial charge in [-0.05, 0) is 67.6 Å². The van der Waals surface area contributed by atoms with Crippen LogP contribution < -0.4 is 10.0 Å². The van der Waals surface area contributed by atoms with E-state index in [0.29, 0.717) is 16.3 Å². The first-order valence-corrected chi connectivity index (χ1v) is 13.2. The van der Waals surface area contributed by atoms with Crippen LogP contribution in [0, 0.1) is 11.3 Å². The van der Waals surface area contributed by atoms with Crippen LogP contribution in [-0.2, 0) is 27.7 Å². The molecule has 0 fully saturated rings. The number of pyridine rings is 1. The van der Waals surface area contributed by atoms with E-state index in [1.54, 1.807) is 6.07 Å². The zero-order valence-electron chi connectivity index (χ0n) is 18.2. The number of aryl methyl sites for hydroxylation is 2. The van der Waals surface area contributed by atoms with E-state index in [9.17, 15) is 18.5 Å². The van der Waals surface area contributed by atoms with Crippen molar-refractivity contribution in [3.05, 3.63) is 65.6 Å². The fourth-order valence-corrected chi connectivity index (χ4v) is 5.29. The topological polar surface area (TPSA) is 138 Å². The third kappa shape index (κ3) is 5.89. The number of aromatic nitrogens is 3. The number of carbonyl (C=O) groups excluding carboxylic acids is 1. The van der Waals surface area contributed by atoms with Gasteiger partial charge in [0.05, 0.1) is 16.2 Å². The number of nitrogens with zero attached hydrogens (tertiary/aromatic N) is 4. The van der Waals surface area contributed by atoms with E-state index in [-0.39, 0.29) is 22.5 Å². The predicted octanol–water partition coefficient (Wildman–Crippen LogP) is 3.54. The highest BCUT2D eigenvalue weighted by Gasteiger charge is 2.17. The smallest absolute Gasteiger partial charge is 0.264 e. The van der Waals surface area contributed by atoms with E-state index in [1.165, 1.54) is 48.4 Å². The van der Waals surface area contributed by atoms with E-state index in [1.807, 2.05) is 6.07 Å². The van der Waals surface area contributed by atoms with E-state index in [4.69, 9.17) is 0 Å². The molecule has 9 nitrogen and oxygen atoms in total. The van der Waals surface area contributed by atoms with Crippen LogP contribution >= 0.6 is 11.8 Å². The number of amides is 1. The minimum absolute atomic E-state index is 0.0140. The number of anilines is 2. The van der Waals surface area contributed by atoms with Gasteiger partial charge in [-0.1, -0.05) is 18.2 Å². The summed E-state index contributed by atoms with van der Waals surface area (Å²) in [6.07, 6.45) is 8.02. The first-order chi connectivity index (χ1) is 16.4. The van der Waals surface area contributed by atoms with E-state index in [2.05, 4.69) is 31.1 Å². The monoisotopic (exact) mass is 494 g/mol. The van der Waals surface area contributed by atoms with Crippen molar-refractivity contribution in [2.45, 2.75) is 42.0 Å². The molecule has 2 heterocycles. The van der Waals surface area contributed by atoms with Crippen molar-refractivity contribution >= 4 is 39.3 Å². The molecule has 2 N–H and O–H groups in total.